The van der Waals surface area contributed by atoms with Crippen LogP contribution in [0.2, 0.25) is 0 Å². The molecule has 0 bridgehead atoms. The molecule has 2 aromatic carbocycles. The van der Waals surface area contributed by atoms with Crippen molar-refractivity contribution in [3.8, 4) is 0 Å². The first-order chi connectivity index (χ1) is 14.9. The second-order valence-electron chi connectivity index (χ2n) is 7.08. The van der Waals surface area contributed by atoms with Crippen LogP contribution in [0.15, 0.2) is 62.9 Å². The number of carbonyl (C=O) groups is 1. The van der Waals surface area contributed by atoms with Crippen LogP contribution < -0.4 is 0 Å². The quantitative estimate of drug-likeness (QED) is 0.601. The second kappa shape index (κ2) is 9.83. The molecule has 0 radical (unpaired) electrons. The first-order valence-corrected chi connectivity index (χ1v) is 13.1. The highest BCUT2D eigenvalue weighted by Gasteiger charge is 2.28. The lowest BCUT2D eigenvalue weighted by atomic mass is 10.2. The number of benzene rings is 2. The third kappa shape index (κ3) is 5.20. The highest BCUT2D eigenvalue weighted by Crippen LogP contribution is 2.23. The van der Waals surface area contributed by atoms with Crippen LogP contribution in [0.5, 0.6) is 0 Å². The van der Waals surface area contributed by atoms with E-state index in [-0.39, 0.29) is 10.8 Å². The zero-order chi connectivity index (χ0) is 21.8. The summed E-state index contributed by atoms with van der Waals surface area (Å²) in [5.74, 6) is 0.543. The first-order valence-electron chi connectivity index (χ1n) is 9.87. The number of halogens is 1. The molecule has 7 nitrogen and oxygen atoms in total. The predicted octanol–water partition coefficient (Wildman–Crippen LogP) is 3.22. The number of aliphatic imine (C=N–C) groups is 1. The zero-order valence-electron chi connectivity index (χ0n) is 16.7. The summed E-state index contributed by atoms with van der Waals surface area (Å²) in [6.45, 7) is 2.56. The van der Waals surface area contributed by atoms with Gasteiger partial charge in [-0.25, -0.2) is 8.42 Å². The summed E-state index contributed by atoms with van der Waals surface area (Å²) >= 11 is 4.95. The van der Waals surface area contributed by atoms with Crippen LogP contribution in [0.3, 0.4) is 0 Å². The zero-order valence-corrected chi connectivity index (χ0v) is 20.0. The molecule has 4 rings (SSSR count). The van der Waals surface area contributed by atoms with Crippen molar-refractivity contribution in [2.75, 3.05) is 39.4 Å². The van der Waals surface area contributed by atoms with E-state index in [0.717, 1.165) is 10.0 Å². The molecule has 0 N–H and O–H groups in total. The molecule has 31 heavy (non-hydrogen) atoms. The van der Waals surface area contributed by atoms with Gasteiger partial charge in [0.25, 0.3) is 5.91 Å². The number of morpholine rings is 1. The molecular formula is C21H22BrN3O4S2. The average molecular weight is 524 g/mol. The van der Waals surface area contributed by atoms with Gasteiger partial charge in [0.15, 0.2) is 5.17 Å². The monoisotopic (exact) mass is 523 g/mol. The Morgan fingerprint density at radius 1 is 1.03 bits per heavy atom. The van der Waals surface area contributed by atoms with Crippen LogP contribution in [0.1, 0.15) is 15.9 Å². The van der Waals surface area contributed by atoms with E-state index in [4.69, 9.17) is 4.74 Å². The Morgan fingerprint density at radius 3 is 2.39 bits per heavy atom. The molecule has 164 valence electrons. The maximum Gasteiger partial charge on any atom is 0.259 e. The minimum Gasteiger partial charge on any atom is -0.379 e. The van der Waals surface area contributed by atoms with Gasteiger partial charge >= 0.3 is 0 Å². The minimum absolute atomic E-state index is 0.171. The molecule has 2 aliphatic heterocycles. The van der Waals surface area contributed by atoms with E-state index < -0.39 is 10.0 Å². The SMILES string of the molecule is O=C(c1ccc(S(=O)(=O)N2CCOCC2)cc1)N1CCN=C1SCc1ccc(Br)cc1. The normalized spacial score (nSPS) is 17.6. The average Bonchev–Trinajstić information content (AvgIpc) is 3.27. The van der Waals surface area contributed by atoms with Gasteiger partial charge in [-0.15, -0.1) is 0 Å². The third-order valence-corrected chi connectivity index (χ3v) is 8.56. The van der Waals surface area contributed by atoms with Gasteiger partial charge < -0.3 is 4.74 Å². The largest absolute Gasteiger partial charge is 0.379 e. The smallest absolute Gasteiger partial charge is 0.259 e. The lowest BCUT2D eigenvalue weighted by molar-refractivity contribution is 0.0730. The third-order valence-electron chi connectivity index (χ3n) is 5.04. The Kier molecular flexibility index (Phi) is 7.12. The van der Waals surface area contributed by atoms with Crippen LogP contribution in [0, 0.1) is 0 Å². The molecule has 1 amide bonds. The van der Waals surface area contributed by atoms with Gasteiger partial charge in [0.05, 0.1) is 24.7 Å². The molecule has 2 heterocycles. The van der Waals surface area contributed by atoms with Gasteiger partial charge in [-0.2, -0.15) is 4.31 Å². The van der Waals surface area contributed by atoms with Gasteiger partial charge in [-0.3, -0.25) is 14.7 Å². The van der Waals surface area contributed by atoms with E-state index >= 15 is 0 Å². The van der Waals surface area contributed by atoms with E-state index in [0.29, 0.717) is 55.9 Å². The van der Waals surface area contributed by atoms with Gasteiger partial charge in [0.1, 0.15) is 0 Å². The van der Waals surface area contributed by atoms with Crippen LogP contribution in [0.4, 0.5) is 0 Å². The summed E-state index contributed by atoms with van der Waals surface area (Å²) in [7, 11) is -3.58. The maximum absolute atomic E-state index is 13.0. The maximum atomic E-state index is 13.0. The summed E-state index contributed by atoms with van der Waals surface area (Å²) in [4.78, 5) is 19.3. The molecule has 10 heteroatoms. The highest BCUT2D eigenvalue weighted by atomic mass is 79.9. The van der Waals surface area contributed by atoms with Crippen LogP contribution >= 0.6 is 27.7 Å². The summed E-state index contributed by atoms with van der Waals surface area (Å²) < 4.78 is 33.2. The number of amidine groups is 1. The number of thioether (sulfide) groups is 1. The molecule has 0 spiro atoms. The number of nitrogens with zero attached hydrogens (tertiary/aromatic N) is 3. The van der Waals surface area contributed by atoms with Crippen molar-refractivity contribution in [3.63, 3.8) is 0 Å². The van der Waals surface area contributed by atoms with Crippen molar-refractivity contribution >= 4 is 48.8 Å². The number of ether oxygens (including phenoxy) is 1. The summed E-state index contributed by atoms with van der Waals surface area (Å²) in [6, 6.07) is 14.2. The second-order valence-corrected chi connectivity index (χ2v) is 10.9. The molecule has 1 fully saturated rings. The first kappa shape index (κ1) is 22.5. The van der Waals surface area contributed by atoms with Gasteiger partial charge in [-0.05, 0) is 42.0 Å². The fourth-order valence-electron chi connectivity index (χ4n) is 3.33. The van der Waals surface area contributed by atoms with E-state index in [9.17, 15) is 13.2 Å². The van der Waals surface area contributed by atoms with Crippen LogP contribution in [-0.4, -0.2) is 68.1 Å². The Hall–Kier alpha value is -1.72. The van der Waals surface area contributed by atoms with E-state index in [1.807, 2.05) is 24.3 Å². The van der Waals surface area contributed by atoms with Crippen molar-refractivity contribution < 1.29 is 17.9 Å². The molecular weight excluding hydrogens is 502 g/mol. The number of sulfonamides is 1. The molecule has 2 aromatic rings. The molecule has 0 atom stereocenters. The number of hydrogen-bond donors (Lipinski definition) is 0. The van der Waals surface area contributed by atoms with Crippen LogP contribution in [0.25, 0.3) is 0 Å². The number of amides is 1. The fraction of sp³-hybridized carbons (Fsp3) is 0.333. The fourth-order valence-corrected chi connectivity index (χ4v) is 6.00. The van der Waals surface area contributed by atoms with Crippen molar-refractivity contribution in [1.29, 1.82) is 0 Å². The minimum atomic E-state index is -3.58. The molecule has 0 unspecified atom stereocenters. The van der Waals surface area contributed by atoms with Gasteiger partial charge in [0.2, 0.25) is 10.0 Å². The molecule has 1 saturated heterocycles. The van der Waals surface area contributed by atoms with Crippen molar-refractivity contribution in [1.82, 2.24) is 9.21 Å². The van der Waals surface area contributed by atoms with E-state index in [2.05, 4.69) is 20.9 Å². The predicted molar refractivity (Wildman–Crippen MR) is 125 cm³/mol. The van der Waals surface area contributed by atoms with Crippen molar-refractivity contribution in [2.45, 2.75) is 10.6 Å². The van der Waals surface area contributed by atoms with Crippen LogP contribution in [-0.2, 0) is 20.5 Å². The highest BCUT2D eigenvalue weighted by molar-refractivity contribution is 9.10. The van der Waals surface area contributed by atoms with E-state index in [1.54, 1.807) is 17.0 Å². The topological polar surface area (TPSA) is 79.3 Å². The standard InChI is InChI=1S/C21H22BrN3O4S2/c22-18-5-1-16(2-6-18)15-30-21-23-9-10-25(21)20(26)17-3-7-19(8-4-17)31(27,28)24-11-13-29-14-12-24/h1-8H,9-15H2. The molecule has 0 aliphatic carbocycles. The van der Waals surface area contributed by atoms with Crippen molar-refractivity contribution in [2.24, 2.45) is 4.99 Å². The summed E-state index contributed by atoms with van der Waals surface area (Å²) in [5, 5.41) is 0.693. The van der Waals surface area contributed by atoms with Gasteiger partial charge in [0, 0.05) is 35.4 Å². The lowest BCUT2D eigenvalue weighted by Crippen LogP contribution is -2.40. The molecule has 0 saturated carbocycles. The molecule has 0 aromatic heterocycles. The summed E-state index contributed by atoms with van der Waals surface area (Å²) in [5.41, 5.74) is 1.59. The Balaban J connectivity index is 1.42. The Morgan fingerprint density at radius 2 is 1.71 bits per heavy atom. The Bertz CT molecular complexity index is 1070. The van der Waals surface area contributed by atoms with Gasteiger partial charge in [-0.1, -0.05) is 39.8 Å². The number of hydrogen-bond acceptors (Lipinski definition) is 6. The van der Waals surface area contributed by atoms with E-state index in [1.165, 1.54) is 28.2 Å². The van der Waals surface area contributed by atoms with Crippen molar-refractivity contribution in [3.05, 3.63) is 64.1 Å². The lowest BCUT2D eigenvalue weighted by Gasteiger charge is -2.26. The Labute approximate surface area is 194 Å². The summed E-state index contributed by atoms with van der Waals surface area (Å²) in [6.07, 6.45) is 0. The number of carbonyl (C=O) groups excluding carboxylic acids is 1. The molecule has 2 aliphatic rings. The number of rotatable bonds is 5.